The summed E-state index contributed by atoms with van der Waals surface area (Å²) in [7, 11) is -6.08. The molecular weight excluding hydrogens is 280 g/mol. The van der Waals surface area contributed by atoms with Crippen molar-refractivity contribution in [3.05, 3.63) is 24.3 Å². The van der Waals surface area contributed by atoms with Crippen LogP contribution in [0.1, 0.15) is 6.92 Å². The fourth-order valence-corrected chi connectivity index (χ4v) is 2.69. The highest BCUT2D eigenvalue weighted by molar-refractivity contribution is 7.89. The van der Waals surface area contributed by atoms with Gasteiger partial charge in [0.2, 0.25) is 10.0 Å². The Hall–Kier alpha value is -1.00. The minimum absolute atomic E-state index is 0.0136. The van der Waals surface area contributed by atoms with Gasteiger partial charge in [-0.15, -0.1) is 0 Å². The molecule has 0 aliphatic carbocycles. The summed E-state index contributed by atoms with van der Waals surface area (Å²) in [5, 5.41) is 0. The van der Waals surface area contributed by atoms with Gasteiger partial charge in [0.1, 0.15) is 0 Å². The van der Waals surface area contributed by atoms with Gasteiger partial charge >= 0.3 is 0 Å². The monoisotopic (exact) mass is 294 g/mol. The van der Waals surface area contributed by atoms with Crippen molar-refractivity contribution in [3.8, 4) is 0 Å². The Kier molecular flexibility index (Phi) is 4.82. The summed E-state index contributed by atoms with van der Waals surface area (Å²) in [6.45, 7) is 1.82. The van der Waals surface area contributed by atoms with E-state index in [1.165, 1.54) is 31.3 Å². The molecule has 0 amide bonds. The highest BCUT2D eigenvalue weighted by Gasteiger charge is 2.16. The normalized spacial score (nSPS) is 12.6. The number of benzene rings is 1. The third-order valence-electron chi connectivity index (χ3n) is 2.03. The first-order valence-electron chi connectivity index (χ1n) is 5.00. The Morgan fingerprint density at radius 1 is 1.00 bits per heavy atom. The van der Waals surface area contributed by atoms with Crippen LogP contribution in [-0.4, -0.2) is 30.5 Å². The lowest BCUT2D eigenvalue weighted by molar-refractivity contribution is 0.105. The second-order valence-corrected chi connectivity index (χ2v) is 6.73. The van der Waals surface area contributed by atoms with Crippen LogP contribution in [0.25, 0.3) is 0 Å². The largest absolute Gasteiger partial charge is 0.287 e. The maximum atomic E-state index is 11.6. The molecule has 0 aliphatic rings. The molecule has 0 radical (unpaired) electrons. The van der Waals surface area contributed by atoms with Gasteiger partial charge in [0, 0.05) is 0 Å². The molecule has 0 aromatic heterocycles. The highest BCUT2D eigenvalue weighted by Crippen LogP contribution is 2.13. The van der Waals surface area contributed by atoms with Crippen LogP contribution in [0.5, 0.6) is 0 Å². The Labute approximate surface area is 106 Å². The number of hydrogen-bond acceptors (Lipinski definition) is 5. The van der Waals surface area contributed by atoms with Crippen LogP contribution < -0.4 is 9.61 Å². The molecule has 0 spiro atoms. The molecule has 7 nitrogen and oxygen atoms in total. The summed E-state index contributed by atoms with van der Waals surface area (Å²) in [5.41, 5.74) is 0. The molecule has 0 bridgehead atoms. The van der Waals surface area contributed by atoms with E-state index in [9.17, 15) is 16.8 Å². The van der Waals surface area contributed by atoms with Gasteiger partial charge in [-0.25, -0.2) is 21.6 Å². The van der Waals surface area contributed by atoms with Crippen LogP contribution >= 0.6 is 0 Å². The number of rotatable bonds is 6. The molecule has 0 fully saturated rings. The van der Waals surface area contributed by atoms with E-state index in [2.05, 4.69) is 9.56 Å². The molecule has 9 heteroatoms. The van der Waals surface area contributed by atoms with E-state index in [0.29, 0.717) is 0 Å². The van der Waals surface area contributed by atoms with Crippen LogP contribution in [-0.2, 0) is 24.9 Å². The molecule has 1 rings (SSSR count). The van der Waals surface area contributed by atoms with E-state index in [1.807, 2.05) is 4.89 Å². The molecule has 0 saturated carbocycles. The fraction of sp³-hybridized carbons (Fsp3) is 0.333. The standard InChI is InChI=1S/C9H14N2O5S2/c1-3-16-11-18(14,15)9-6-4-8(5-7-9)17(12,13)10-2/h4-7,10-11H,3H2,1-2H3. The lowest BCUT2D eigenvalue weighted by Crippen LogP contribution is -2.24. The summed E-state index contributed by atoms with van der Waals surface area (Å²) in [6.07, 6.45) is 0. The molecule has 1 aromatic carbocycles. The number of nitrogens with one attached hydrogen (secondary N) is 2. The molecule has 102 valence electrons. The Bertz CT molecular complexity index is 592. The minimum Gasteiger partial charge on any atom is -0.287 e. The van der Waals surface area contributed by atoms with Gasteiger partial charge in [-0.1, -0.05) is 4.89 Å². The second kappa shape index (κ2) is 5.76. The van der Waals surface area contributed by atoms with Crippen molar-refractivity contribution in [2.45, 2.75) is 16.7 Å². The second-order valence-electron chi connectivity index (χ2n) is 3.20. The first-order valence-corrected chi connectivity index (χ1v) is 7.97. The average molecular weight is 294 g/mol. The van der Waals surface area contributed by atoms with Crippen LogP contribution in [0.2, 0.25) is 0 Å². The minimum atomic E-state index is -3.78. The van der Waals surface area contributed by atoms with Crippen LogP contribution in [0.4, 0.5) is 0 Å². The zero-order chi connectivity index (χ0) is 13.8. The fourth-order valence-electron chi connectivity index (χ4n) is 1.10. The van der Waals surface area contributed by atoms with Crippen molar-refractivity contribution in [2.75, 3.05) is 13.7 Å². The van der Waals surface area contributed by atoms with Gasteiger partial charge in [0.05, 0.1) is 16.4 Å². The van der Waals surface area contributed by atoms with Gasteiger partial charge in [-0.05, 0) is 38.2 Å². The first kappa shape index (κ1) is 15.1. The van der Waals surface area contributed by atoms with Gasteiger partial charge in [-0.2, -0.15) is 0 Å². The predicted molar refractivity (Wildman–Crippen MR) is 64.6 cm³/mol. The maximum absolute atomic E-state index is 11.6. The van der Waals surface area contributed by atoms with Crippen LogP contribution in [0, 0.1) is 0 Å². The lowest BCUT2D eigenvalue weighted by Gasteiger charge is -2.07. The topological polar surface area (TPSA) is 102 Å². The number of hydrogen-bond donors (Lipinski definition) is 2. The summed E-state index contributed by atoms with van der Waals surface area (Å²) < 4.78 is 48.2. The molecule has 0 aliphatic heterocycles. The van der Waals surface area contributed by atoms with Crippen molar-refractivity contribution in [2.24, 2.45) is 0 Å². The van der Waals surface area contributed by atoms with E-state index in [1.54, 1.807) is 6.92 Å². The Balaban J connectivity index is 3.04. The van der Waals surface area contributed by atoms with Gasteiger partial charge in [0.15, 0.2) is 0 Å². The quantitative estimate of drug-likeness (QED) is 0.709. The van der Waals surface area contributed by atoms with E-state index < -0.39 is 20.0 Å². The maximum Gasteiger partial charge on any atom is 0.262 e. The smallest absolute Gasteiger partial charge is 0.262 e. The van der Waals surface area contributed by atoms with Gasteiger partial charge in [-0.3, -0.25) is 4.84 Å². The van der Waals surface area contributed by atoms with Crippen molar-refractivity contribution < 1.29 is 21.7 Å². The van der Waals surface area contributed by atoms with E-state index in [-0.39, 0.29) is 16.4 Å². The van der Waals surface area contributed by atoms with Gasteiger partial charge < -0.3 is 0 Å². The van der Waals surface area contributed by atoms with Crippen LogP contribution in [0.15, 0.2) is 34.1 Å². The molecule has 2 N–H and O–H groups in total. The van der Waals surface area contributed by atoms with Crippen molar-refractivity contribution in [1.82, 2.24) is 9.61 Å². The molecule has 0 heterocycles. The van der Waals surface area contributed by atoms with Crippen LogP contribution in [0.3, 0.4) is 0 Å². The Morgan fingerprint density at radius 3 is 1.83 bits per heavy atom. The summed E-state index contributed by atoms with van der Waals surface area (Å²) in [4.78, 5) is 6.42. The van der Waals surface area contributed by atoms with Gasteiger partial charge in [0.25, 0.3) is 10.0 Å². The molecule has 1 aromatic rings. The molecule has 0 unspecified atom stereocenters. The third kappa shape index (κ3) is 3.50. The highest BCUT2D eigenvalue weighted by atomic mass is 32.2. The van der Waals surface area contributed by atoms with Crippen molar-refractivity contribution in [1.29, 1.82) is 0 Å². The predicted octanol–water partition coefficient (Wildman–Crippen LogP) is -0.175. The van der Waals surface area contributed by atoms with Crippen molar-refractivity contribution in [3.63, 3.8) is 0 Å². The zero-order valence-corrected chi connectivity index (χ0v) is 11.5. The number of sulfonamides is 2. The Morgan fingerprint density at radius 2 is 1.44 bits per heavy atom. The third-order valence-corrected chi connectivity index (χ3v) is 4.69. The molecular formula is C9H14N2O5S2. The van der Waals surface area contributed by atoms with E-state index in [0.717, 1.165) is 0 Å². The summed E-state index contributed by atoms with van der Waals surface area (Å²) in [6, 6.07) is 4.77. The average Bonchev–Trinajstić information content (AvgIpc) is 2.36. The lowest BCUT2D eigenvalue weighted by atomic mass is 10.4. The SMILES string of the molecule is CCONS(=O)(=O)c1ccc(S(=O)(=O)NC)cc1. The van der Waals surface area contributed by atoms with E-state index >= 15 is 0 Å². The van der Waals surface area contributed by atoms with E-state index in [4.69, 9.17) is 0 Å². The summed E-state index contributed by atoms with van der Waals surface area (Å²) >= 11 is 0. The molecule has 18 heavy (non-hydrogen) atoms. The van der Waals surface area contributed by atoms with Crippen molar-refractivity contribution >= 4 is 20.0 Å². The molecule has 0 atom stereocenters. The zero-order valence-electron chi connectivity index (χ0n) is 9.87. The first-order chi connectivity index (χ1) is 8.33. The summed E-state index contributed by atoms with van der Waals surface area (Å²) in [5.74, 6) is 0. The molecule has 0 saturated heterocycles.